The van der Waals surface area contributed by atoms with Gasteiger partial charge in [0.15, 0.2) is 0 Å². The highest BCUT2D eigenvalue weighted by Gasteiger charge is 2.55. The first-order chi connectivity index (χ1) is 9.09. The van der Waals surface area contributed by atoms with Crippen LogP contribution in [-0.4, -0.2) is 33.8 Å². The fourth-order valence-corrected chi connectivity index (χ4v) is 4.25. The van der Waals surface area contributed by atoms with Gasteiger partial charge < -0.3 is 5.11 Å². The summed E-state index contributed by atoms with van der Waals surface area (Å²) in [5.41, 5.74) is 0. The highest BCUT2D eigenvalue weighted by atomic mass is 16.4. The Balaban J connectivity index is 1.92. The molecule has 1 N–H and O–H groups in total. The van der Waals surface area contributed by atoms with Crippen molar-refractivity contribution in [3.8, 4) is 0 Å². The number of fused-ring (bicyclic) bond motifs is 2. The minimum atomic E-state index is -0.845. The fraction of sp³-hybridized carbons (Fsp3) is 0.786. The molecule has 4 unspecified atom stereocenters. The quantitative estimate of drug-likeness (QED) is 0.766. The Labute approximate surface area is 112 Å². The summed E-state index contributed by atoms with van der Waals surface area (Å²) >= 11 is 0. The molecule has 3 rings (SSSR count). The molecule has 0 radical (unpaired) electrons. The second-order valence-electron chi connectivity index (χ2n) is 6.05. The Morgan fingerprint density at radius 2 is 1.63 bits per heavy atom. The Hall–Kier alpha value is -1.39. The van der Waals surface area contributed by atoms with Crippen LogP contribution in [0.2, 0.25) is 0 Å². The molecule has 1 saturated heterocycles. The van der Waals surface area contributed by atoms with E-state index >= 15 is 0 Å². The zero-order chi connectivity index (χ0) is 13.6. The molecule has 0 aromatic rings. The van der Waals surface area contributed by atoms with Gasteiger partial charge in [-0.25, -0.2) is 0 Å². The van der Waals surface area contributed by atoms with Crippen molar-refractivity contribution in [2.24, 2.45) is 17.8 Å². The lowest BCUT2D eigenvalue weighted by atomic mass is 9.83. The summed E-state index contributed by atoms with van der Waals surface area (Å²) in [5.74, 6) is -1.35. The molecule has 19 heavy (non-hydrogen) atoms. The molecule has 0 aromatic carbocycles. The van der Waals surface area contributed by atoms with E-state index in [9.17, 15) is 19.5 Å². The third kappa shape index (κ3) is 1.95. The molecule has 0 aromatic heterocycles. The molecule has 4 atom stereocenters. The van der Waals surface area contributed by atoms with Gasteiger partial charge in [0.1, 0.15) is 0 Å². The van der Waals surface area contributed by atoms with Crippen molar-refractivity contribution in [2.75, 3.05) is 0 Å². The number of hydrogen-bond donors (Lipinski definition) is 1. The predicted molar refractivity (Wildman–Crippen MR) is 66.1 cm³/mol. The number of imide groups is 1. The van der Waals surface area contributed by atoms with E-state index in [2.05, 4.69) is 0 Å². The van der Waals surface area contributed by atoms with E-state index in [0.29, 0.717) is 12.8 Å². The monoisotopic (exact) mass is 265 g/mol. The molecule has 1 aliphatic heterocycles. The van der Waals surface area contributed by atoms with E-state index < -0.39 is 11.9 Å². The van der Waals surface area contributed by atoms with Crippen LogP contribution in [0.4, 0.5) is 0 Å². The van der Waals surface area contributed by atoms with Gasteiger partial charge in [-0.15, -0.1) is 0 Å². The summed E-state index contributed by atoms with van der Waals surface area (Å²) in [6.07, 6.45) is 4.97. The standard InChI is InChI=1S/C14H19NO4/c16-10-3-1-2-4-11(17)15(10)13-9-6-5-8(7-9)12(13)14(18)19/h8-9,12-13H,1-7H2,(H,18,19). The Morgan fingerprint density at radius 1 is 1.05 bits per heavy atom. The molecule has 5 nitrogen and oxygen atoms in total. The van der Waals surface area contributed by atoms with Crippen LogP contribution in [0.5, 0.6) is 0 Å². The SMILES string of the molecule is O=C(O)C1C2CCC(C2)C1N1C(=O)CCCCC1=O. The minimum Gasteiger partial charge on any atom is -0.481 e. The topological polar surface area (TPSA) is 74.7 Å². The first kappa shape index (κ1) is 12.6. The van der Waals surface area contributed by atoms with Crippen LogP contribution < -0.4 is 0 Å². The maximum atomic E-state index is 12.2. The molecule has 1 heterocycles. The van der Waals surface area contributed by atoms with Crippen LogP contribution in [0.25, 0.3) is 0 Å². The number of likely N-dealkylation sites (tertiary alicyclic amines) is 1. The average Bonchev–Trinajstić information content (AvgIpc) is 2.91. The van der Waals surface area contributed by atoms with Crippen molar-refractivity contribution >= 4 is 17.8 Å². The molecule has 2 bridgehead atoms. The number of carboxylic acids is 1. The number of aliphatic carboxylic acids is 1. The maximum absolute atomic E-state index is 12.2. The smallest absolute Gasteiger partial charge is 0.308 e. The number of carbonyl (C=O) groups is 3. The number of nitrogens with zero attached hydrogens (tertiary/aromatic N) is 1. The van der Waals surface area contributed by atoms with E-state index in [0.717, 1.165) is 32.1 Å². The van der Waals surface area contributed by atoms with Gasteiger partial charge in [0.25, 0.3) is 0 Å². The average molecular weight is 265 g/mol. The fourth-order valence-electron chi connectivity index (χ4n) is 4.25. The van der Waals surface area contributed by atoms with E-state index in [1.165, 1.54) is 4.90 Å². The molecular weight excluding hydrogens is 246 g/mol. The minimum absolute atomic E-state index is 0.149. The van der Waals surface area contributed by atoms with Crippen LogP contribution in [0.15, 0.2) is 0 Å². The number of carbonyl (C=O) groups excluding carboxylic acids is 2. The Bertz CT molecular complexity index is 415. The second kappa shape index (κ2) is 4.62. The van der Waals surface area contributed by atoms with Gasteiger partial charge in [-0.2, -0.15) is 0 Å². The van der Waals surface area contributed by atoms with Crippen LogP contribution >= 0.6 is 0 Å². The molecule has 2 amide bonds. The third-order valence-electron chi connectivity index (χ3n) is 5.02. The molecule has 3 fully saturated rings. The molecule has 2 aliphatic carbocycles. The number of carboxylic acid groups (broad SMARTS) is 1. The zero-order valence-electron chi connectivity index (χ0n) is 10.9. The predicted octanol–water partition coefficient (Wildman–Crippen LogP) is 1.41. The normalized spacial score (nSPS) is 38.6. The number of rotatable bonds is 2. The highest BCUT2D eigenvalue weighted by molar-refractivity contribution is 5.97. The zero-order valence-corrected chi connectivity index (χ0v) is 10.9. The summed E-state index contributed by atoms with van der Waals surface area (Å²) in [6, 6.07) is -0.380. The first-order valence-electron chi connectivity index (χ1n) is 7.17. The van der Waals surface area contributed by atoms with Gasteiger partial charge in [0.2, 0.25) is 11.8 Å². The Kier molecular flexibility index (Phi) is 3.07. The lowest BCUT2D eigenvalue weighted by Crippen LogP contribution is -2.52. The van der Waals surface area contributed by atoms with E-state index in [1.807, 2.05) is 0 Å². The largest absolute Gasteiger partial charge is 0.481 e. The number of amides is 2. The Morgan fingerprint density at radius 3 is 2.21 bits per heavy atom. The van der Waals surface area contributed by atoms with Gasteiger partial charge >= 0.3 is 5.97 Å². The van der Waals surface area contributed by atoms with Crippen molar-refractivity contribution in [1.82, 2.24) is 4.90 Å². The van der Waals surface area contributed by atoms with Gasteiger partial charge in [-0.05, 0) is 43.9 Å². The van der Waals surface area contributed by atoms with Gasteiger partial charge in [-0.3, -0.25) is 19.3 Å². The van der Waals surface area contributed by atoms with Crippen molar-refractivity contribution < 1.29 is 19.5 Å². The summed E-state index contributed by atoms with van der Waals surface area (Å²) < 4.78 is 0. The van der Waals surface area contributed by atoms with Gasteiger partial charge in [0, 0.05) is 12.8 Å². The lowest BCUT2D eigenvalue weighted by molar-refractivity contribution is -0.154. The third-order valence-corrected chi connectivity index (χ3v) is 5.02. The molecule has 5 heteroatoms. The highest BCUT2D eigenvalue weighted by Crippen LogP contribution is 2.51. The van der Waals surface area contributed by atoms with Crippen molar-refractivity contribution in [3.05, 3.63) is 0 Å². The van der Waals surface area contributed by atoms with Crippen LogP contribution in [-0.2, 0) is 14.4 Å². The van der Waals surface area contributed by atoms with E-state index in [-0.39, 0.29) is 29.7 Å². The summed E-state index contributed by atoms with van der Waals surface area (Å²) in [5, 5.41) is 9.43. The second-order valence-corrected chi connectivity index (χ2v) is 6.05. The van der Waals surface area contributed by atoms with Crippen molar-refractivity contribution in [2.45, 2.75) is 51.0 Å². The van der Waals surface area contributed by atoms with E-state index in [1.54, 1.807) is 0 Å². The van der Waals surface area contributed by atoms with Gasteiger partial charge in [-0.1, -0.05) is 0 Å². The molecular formula is C14H19NO4. The molecule has 0 spiro atoms. The molecule has 104 valence electrons. The van der Waals surface area contributed by atoms with Crippen LogP contribution in [0.1, 0.15) is 44.9 Å². The molecule has 3 aliphatic rings. The summed E-state index contributed by atoms with van der Waals surface area (Å²) in [6.45, 7) is 0. The summed E-state index contributed by atoms with van der Waals surface area (Å²) in [4.78, 5) is 37.2. The van der Waals surface area contributed by atoms with Crippen LogP contribution in [0, 0.1) is 17.8 Å². The van der Waals surface area contributed by atoms with Crippen molar-refractivity contribution in [1.29, 1.82) is 0 Å². The molecule has 2 saturated carbocycles. The summed E-state index contributed by atoms with van der Waals surface area (Å²) in [7, 11) is 0. The lowest BCUT2D eigenvalue weighted by Gasteiger charge is -2.36. The number of hydrogen-bond acceptors (Lipinski definition) is 3. The van der Waals surface area contributed by atoms with Crippen molar-refractivity contribution in [3.63, 3.8) is 0 Å². The maximum Gasteiger partial charge on any atom is 0.308 e. The van der Waals surface area contributed by atoms with E-state index in [4.69, 9.17) is 0 Å². The first-order valence-corrected chi connectivity index (χ1v) is 7.17. The van der Waals surface area contributed by atoms with Crippen LogP contribution in [0.3, 0.4) is 0 Å². The van der Waals surface area contributed by atoms with Gasteiger partial charge in [0.05, 0.1) is 12.0 Å².